The molecular weight excluding hydrogens is 238 g/mol. The van der Waals surface area contributed by atoms with E-state index in [1.54, 1.807) is 6.20 Å². The van der Waals surface area contributed by atoms with Gasteiger partial charge < -0.3 is 10.2 Å². The number of nitrogens with one attached hydrogen (secondary N) is 1. The average molecular weight is 253 g/mol. The third-order valence-electron chi connectivity index (χ3n) is 3.33. The van der Waals surface area contributed by atoms with Gasteiger partial charge in [-0.25, -0.2) is 9.97 Å². The van der Waals surface area contributed by atoms with Crippen LogP contribution in [0.3, 0.4) is 0 Å². The Bertz CT molecular complexity index is 623. The summed E-state index contributed by atoms with van der Waals surface area (Å²) in [5, 5.41) is 13.6. The van der Waals surface area contributed by atoms with E-state index in [2.05, 4.69) is 26.3 Å². The Morgan fingerprint density at radius 3 is 3.16 bits per heavy atom. The van der Waals surface area contributed by atoms with Crippen molar-refractivity contribution in [2.24, 2.45) is 0 Å². The van der Waals surface area contributed by atoms with Crippen LogP contribution in [0.2, 0.25) is 0 Å². The van der Waals surface area contributed by atoms with Crippen molar-refractivity contribution in [2.45, 2.75) is 6.42 Å². The van der Waals surface area contributed by atoms with E-state index < -0.39 is 0 Å². The zero-order valence-corrected chi connectivity index (χ0v) is 10.6. The predicted octanol–water partition coefficient (Wildman–Crippen LogP) is 1.30. The normalized spacial score (nSPS) is 16.1. The van der Waals surface area contributed by atoms with Gasteiger partial charge in [-0.05, 0) is 31.2 Å². The van der Waals surface area contributed by atoms with Gasteiger partial charge in [-0.1, -0.05) is 0 Å². The highest BCUT2D eigenvalue weighted by molar-refractivity contribution is 5.79. The van der Waals surface area contributed by atoms with Gasteiger partial charge in [0.1, 0.15) is 11.9 Å². The second kappa shape index (κ2) is 5.21. The summed E-state index contributed by atoms with van der Waals surface area (Å²) >= 11 is 0. The topological polar surface area (TPSA) is 64.8 Å². The molecule has 0 radical (unpaired) electrons. The molecular formula is C14H15N5. The highest BCUT2D eigenvalue weighted by Gasteiger charge is 2.16. The van der Waals surface area contributed by atoms with Crippen molar-refractivity contribution in [3.8, 4) is 6.07 Å². The van der Waals surface area contributed by atoms with E-state index in [1.807, 2.05) is 18.2 Å². The van der Waals surface area contributed by atoms with E-state index in [0.29, 0.717) is 11.2 Å². The van der Waals surface area contributed by atoms with Crippen LogP contribution < -0.4 is 10.2 Å². The number of rotatable bonds is 1. The van der Waals surface area contributed by atoms with Gasteiger partial charge in [0.25, 0.3) is 0 Å². The van der Waals surface area contributed by atoms with Crippen LogP contribution in [-0.2, 0) is 0 Å². The van der Waals surface area contributed by atoms with Crippen LogP contribution in [0.4, 0.5) is 5.82 Å². The minimum absolute atomic E-state index is 0.627. The smallest absolute Gasteiger partial charge is 0.161 e. The summed E-state index contributed by atoms with van der Waals surface area (Å²) in [7, 11) is 0. The Balaban J connectivity index is 2.08. The molecule has 5 nitrogen and oxygen atoms in total. The van der Waals surface area contributed by atoms with Crippen molar-refractivity contribution in [3.63, 3.8) is 0 Å². The van der Waals surface area contributed by atoms with Crippen LogP contribution in [0, 0.1) is 11.3 Å². The third-order valence-corrected chi connectivity index (χ3v) is 3.33. The molecule has 1 aliphatic heterocycles. The molecule has 0 atom stereocenters. The summed E-state index contributed by atoms with van der Waals surface area (Å²) in [5.41, 5.74) is 1.33. The number of fused-ring (bicyclic) bond motifs is 1. The van der Waals surface area contributed by atoms with E-state index in [0.717, 1.165) is 43.8 Å². The largest absolute Gasteiger partial charge is 0.354 e. The molecule has 0 aromatic carbocycles. The van der Waals surface area contributed by atoms with Gasteiger partial charge in [-0.3, -0.25) is 0 Å². The lowest BCUT2D eigenvalue weighted by Gasteiger charge is -2.22. The molecule has 0 bridgehead atoms. The van der Waals surface area contributed by atoms with Gasteiger partial charge in [-0.2, -0.15) is 5.26 Å². The number of hydrogen-bond donors (Lipinski definition) is 1. The summed E-state index contributed by atoms with van der Waals surface area (Å²) < 4.78 is 0. The first-order valence-corrected chi connectivity index (χ1v) is 6.50. The van der Waals surface area contributed by atoms with Crippen molar-refractivity contribution in [1.82, 2.24) is 15.3 Å². The molecule has 0 spiro atoms. The number of nitriles is 1. The summed E-state index contributed by atoms with van der Waals surface area (Å²) in [5.74, 6) is 0.761. The third kappa shape index (κ3) is 2.35. The van der Waals surface area contributed by atoms with Crippen LogP contribution in [-0.4, -0.2) is 36.1 Å². The maximum atomic E-state index is 9.33. The summed E-state index contributed by atoms with van der Waals surface area (Å²) in [4.78, 5) is 11.0. The number of pyridine rings is 2. The fraction of sp³-hybridized carbons (Fsp3) is 0.357. The van der Waals surface area contributed by atoms with Crippen molar-refractivity contribution < 1.29 is 0 Å². The van der Waals surface area contributed by atoms with E-state index in [9.17, 15) is 5.26 Å². The fourth-order valence-electron chi connectivity index (χ4n) is 2.38. The quantitative estimate of drug-likeness (QED) is 0.830. The molecule has 19 heavy (non-hydrogen) atoms. The molecule has 0 amide bonds. The molecule has 96 valence electrons. The fourth-order valence-corrected chi connectivity index (χ4v) is 2.38. The lowest BCUT2D eigenvalue weighted by atomic mass is 10.2. The van der Waals surface area contributed by atoms with Gasteiger partial charge in [0.05, 0.1) is 5.56 Å². The van der Waals surface area contributed by atoms with E-state index in [-0.39, 0.29) is 0 Å². The number of hydrogen-bond acceptors (Lipinski definition) is 5. The zero-order valence-electron chi connectivity index (χ0n) is 10.6. The lowest BCUT2D eigenvalue weighted by molar-refractivity contribution is 0.724. The SMILES string of the molecule is N#Cc1cc2cccnc2nc1N1CCCNCC1. The molecule has 1 N–H and O–H groups in total. The van der Waals surface area contributed by atoms with Crippen molar-refractivity contribution in [2.75, 3.05) is 31.1 Å². The Morgan fingerprint density at radius 2 is 2.26 bits per heavy atom. The average Bonchev–Trinajstić information content (AvgIpc) is 2.74. The maximum Gasteiger partial charge on any atom is 0.161 e. The molecule has 3 heterocycles. The molecule has 1 aliphatic rings. The standard InChI is InChI=1S/C14H15N5/c15-10-12-9-11-3-1-5-17-13(11)18-14(12)19-7-2-4-16-6-8-19/h1,3,5,9,16H,2,4,6-8H2. The summed E-state index contributed by atoms with van der Waals surface area (Å²) in [6.07, 6.45) is 2.79. The first-order valence-electron chi connectivity index (χ1n) is 6.50. The second-order valence-electron chi connectivity index (χ2n) is 4.61. The summed E-state index contributed by atoms with van der Waals surface area (Å²) in [6.45, 7) is 3.74. The maximum absolute atomic E-state index is 9.33. The van der Waals surface area contributed by atoms with E-state index >= 15 is 0 Å². The van der Waals surface area contributed by atoms with Crippen LogP contribution in [0.15, 0.2) is 24.4 Å². The van der Waals surface area contributed by atoms with Crippen molar-refractivity contribution in [1.29, 1.82) is 5.26 Å². The molecule has 3 rings (SSSR count). The van der Waals surface area contributed by atoms with E-state index in [4.69, 9.17) is 0 Å². The minimum Gasteiger partial charge on any atom is -0.354 e. The Hall–Kier alpha value is -2.19. The Kier molecular flexibility index (Phi) is 3.25. The lowest BCUT2D eigenvalue weighted by Crippen LogP contribution is -2.29. The molecule has 0 aliphatic carbocycles. The molecule has 1 saturated heterocycles. The van der Waals surface area contributed by atoms with Crippen LogP contribution in [0.5, 0.6) is 0 Å². The molecule has 5 heteroatoms. The monoisotopic (exact) mass is 253 g/mol. The van der Waals surface area contributed by atoms with Crippen LogP contribution in [0.25, 0.3) is 11.0 Å². The zero-order chi connectivity index (χ0) is 13.1. The van der Waals surface area contributed by atoms with Crippen molar-refractivity contribution >= 4 is 16.9 Å². The van der Waals surface area contributed by atoms with Gasteiger partial charge in [-0.15, -0.1) is 0 Å². The number of anilines is 1. The Labute approximate surface area is 111 Å². The highest BCUT2D eigenvalue weighted by Crippen LogP contribution is 2.22. The highest BCUT2D eigenvalue weighted by atomic mass is 15.2. The van der Waals surface area contributed by atoms with Gasteiger partial charge in [0.2, 0.25) is 0 Å². The van der Waals surface area contributed by atoms with Crippen LogP contribution in [0.1, 0.15) is 12.0 Å². The van der Waals surface area contributed by atoms with Crippen molar-refractivity contribution in [3.05, 3.63) is 30.0 Å². The van der Waals surface area contributed by atoms with Gasteiger partial charge in [0, 0.05) is 31.2 Å². The van der Waals surface area contributed by atoms with Gasteiger partial charge in [0.15, 0.2) is 5.65 Å². The molecule has 1 fully saturated rings. The predicted molar refractivity (Wildman–Crippen MR) is 74.0 cm³/mol. The first-order chi connectivity index (χ1) is 9.38. The number of aromatic nitrogens is 2. The Morgan fingerprint density at radius 1 is 1.32 bits per heavy atom. The van der Waals surface area contributed by atoms with Crippen LogP contribution >= 0.6 is 0 Å². The molecule has 0 saturated carbocycles. The molecule has 2 aromatic heterocycles. The second-order valence-corrected chi connectivity index (χ2v) is 4.61. The summed E-state index contributed by atoms with van der Waals surface area (Å²) in [6, 6.07) is 7.93. The van der Waals surface area contributed by atoms with E-state index in [1.165, 1.54) is 0 Å². The first kappa shape index (κ1) is 11.9. The van der Waals surface area contributed by atoms with Gasteiger partial charge >= 0.3 is 0 Å². The minimum atomic E-state index is 0.627. The molecule has 0 unspecified atom stereocenters. The molecule has 2 aromatic rings. The number of nitrogens with zero attached hydrogens (tertiary/aromatic N) is 4.